The molecule has 4 aliphatic carbocycles. The molecular weight excluding hydrogens is 307 g/mol. The summed E-state index contributed by atoms with van der Waals surface area (Å²) in [5.74, 6) is 1.86. The van der Waals surface area contributed by atoms with E-state index < -0.39 is 0 Å². The van der Waals surface area contributed by atoms with E-state index in [1.165, 1.54) is 49.0 Å². The maximum atomic E-state index is 7.03. The average Bonchev–Trinajstić information content (AvgIpc) is 2.65. The molecule has 0 N–H and O–H groups in total. The van der Waals surface area contributed by atoms with Gasteiger partial charge in [0, 0.05) is 4.88 Å². The number of alkyl halides is 1. The molecule has 4 saturated carbocycles. The van der Waals surface area contributed by atoms with Gasteiger partial charge in [-0.1, -0.05) is 18.5 Å². The maximum Gasteiger partial charge on any atom is 0.0960 e. The van der Waals surface area contributed by atoms with Crippen LogP contribution in [0, 0.1) is 29.6 Å². The van der Waals surface area contributed by atoms with Gasteiger partial charge >= 0.3 is 0 Å². The zero-order valence-corrected chi connectivity index (χ0v) is 14.5. The molecule has 0 nitrogen and oxygen atoms in total. The second-order valence-electron chi connectivity index (χ2n) is 8.10. The van der Waals surface area contributed by atoms with E-state index in [1.807, 2.05) is 0 Å². The molecule has 4 aliphatic rings. The minimum atomic E-state index is 0.170. The van der Waals surface area contributed by atoms with E-state index in [4.69, 9.17) is 23.2 Å². The molecule has 20 heavy (non-hydrogen) atoms. The summed E-state index contributed by atoms with van der Waals surface area (Å²) in [6.07, 6.45) is 8.38. The number of halogens is 2. The van der Waals surface area contributed by atoms with Crippen LogP contribution in [-0.4, -0.2) is 0 Å². The largest absolute Gasteiger partial charge is 0.127 e. The molecule has 4 fully saturated rings. The van der Waals surface area contributed by atoms with Crippen LogP contribution in [0.4, 0.5) is 0 Å². The molecule has 0 spiro atoms. The van der Waals surface area contributed by atoms with E-state index in [1.54, 1.807) is 11.3 Å². The van der Waals surface area contributed by atoms with Crippen molar-refractivity contribution in [2.75, 3.05) is 0 Å². The molecule has 3 unspecified atom stereocenters. The Morgan fingerprint density at radius 1 is 1.25 bits per heavy atom. The quantitative estimate of drug-likeness (QED) is 0.536. The van der Waals surface area contributed by atoms with Gasteiger partial charge in [-0.15, -0.1) is 22.9 Å². The maximum absolute atomic E-state index is 7.03. The zero-order chi connectivity index (χ0) is 14.1. The number of thiophene rings is 1. The normalized spacial score (nSPS) is 44.0. The highest BCUT2D eigenvalue weighted by Gasteiger charge is 2.58. The fourth-order valence-corrected chi connectivity index (χ4v) is 7.79. The van der Waals surface area contributed by atoms with Crippen LogP contribution in [0.25, 0.3) is 0 Å². The van der Waals surface area contributed by atoms with Gasteiger partial charge in [0.15, 0.2) is 0 Å². The summed E-state index contributed by atoms with van der Waals surface area (Å²) in [5.41, 5.74) is 2.10. The van der Waals surface area contributed by atoms with E-state index in [2.05, 4.69) is 19.9 Å². The summed E-state index contributed by atoms with van der Waals surface area (Å²) in [4.78, 5) is 1.31. The second-order valence-corrected chi connectivity index (χ2v) is 10.2. The van der Waals surface area contributed by atoms with Crippen LogP contribution in [0.1, 0.15) is 61.3 Å². The lowest BCUT2D eigenvalue weighted by atomic mass is 9.44. The first-order chi connectivity index (χ1) is 9.39. The summed E-state index contributed by atoms with van der Waals surface area (Å²) in [6.45, 7) is 4.60. The molecule has 1 heterocycles. The van der Waals surface area contributed by atoms with Crippen LogP contribution in [0.5, 0.6) is 0 Å². The Kier molecular flexibility index (Phi) is 3.06. The number of hydrogen-bond acceptors (Lipinski definition) is 1. The van der Waals surface area contributed by atoms with Crippen LogP contribution in [-0.2, 0) is 0 Å². The van der Waals surface area contributed by atoms with Crippen LogP contribution in [0.3, 0.4) is 0 Å². The molecule has 4 bridgehead atoms. The van der Waals surface area contributed by atoms with Gasteiger partial charge in [-0.25, -0.2) is 0 Å². The topological polar surface area (TPSA) is 0 Å². The summed E-state index contributed by atoms with van der Waals surface area (Å²) < 4.78 is 0.918. The van der Waals surface area contributed by atoms with Crippen molar-refractivity contribution in [1.82, 2.24) is 0 Å². The Morgan fingerprint density at radius 3 is 2.40 bits per heavy atom. The molecule has 0 aromatic carbocycles. The van der Waals surface area contributed by atoms with Gasteiger partial charge in [0.25, 0.3) is 0 Å². The summed E-state index contributed by atoms with van der Waals surface area (Å²) in [6, 6.07) is 2.23. The highest BCUT2D eigenvalue weighted by Crippen LogP contribution is 2.69. The zero-order valence-electron chi connectivity index (χ0n) is 12.2. The smallest absolute Gasteiger partial charge is 0.0960 e. The van der Waals surface area contributed by atoms with Gasteiger partial charge in [0.2, 0.25) is 0 Å². The third kappa shape index (κ3) is 2.00. The van der Waals surface area contributed by atoms with Crippen molar-refractivity contribution in [2.45, 2.75) is 57.7 Å². The molecule has 110 valence electrons. The van der Waals surface area contributed by atoms with Crippen molar-refractivity contribution >= 4 is 34.5 Å². The van der Waals surface area contributed by atoms with Gasteiger partial charge in [0.05, 0.1) is 9.71 Å². The fraction of sp³-hybridized carbons (Fsp3) is 0.765. The van der Waals surface area contributed by atoms with Gasteiger partial charge in [0.1, 0.15) is 0 Å². The first-order valence-electron chi connectivity index (χ1n) is 7.79. The number of hydrogen-bond donors (Lipinski definition) is 0. The molecule has 0 amide bonds. The predicted molar refractivity (Wildman–Crippen MR) is 87.9 cm³/mol. The third-order valence-corrected chi connectivity index (χ3v) is 8.51. The van der Waals surface area contributed by atoms with E-state index >= 15 is 0 Å². The van der Waals surface area contributed by atoms with E-state index in [0.717, 1.165) is 16.2 Å². The Balaban J connectivity index is 1.70. The summed E-state index contributed by atoms with van der Waals surface area (Å²) in [7, 11) is 0. The molecule has 0 aliphatic heterocycles. The van der Waals surface area contributed by atoms with E-state index in [-0.39, 0.29) is 5.38 Å². The van der Waals surface area contributed by atoms with Crippen molar-refractivity contribution in [3.05, 3.63) is 20.8 Å². The fourth-order valence-electron chi connectivity index (χ4n) is 6.00. The molecule has 1 aromatic heterocycles. The van der Waals surface area contributed by atoms with Gasteiger partial charge < -0.3 is 0 Å². The molecular formula is C17H22Cl2S. The van der Waals surface area contributed by atoms with Crippen LogP contribution in [0.15, 0.2) is 6.07 Å². The van der Waals surface area contributed by atoms with Gasteiger partial charge in [-0.2, -0.15) is 0 Å². The van der Waals surface area contributed by atoms with Gasteiger partial charge in [-0.05, 0) is 79.7 Å². The van der Waals surface area contributed by atoms with Crippen molar-refractivity contribution in [3.63, 3.8) is 0 Å². The average molecular weight is 329 g/mol. The Labute approximate surface area is 135 Å². The molecule has 3 atom stereocenters. The first-order valence-corrected chi connectivity index (χ1v) is 9.42. The number of rotatable bonds is 2. The van der Waals surface area contributed by atoms with Crippen molar-refractivity contribution < 1.29 is 0 Å². The van der Waals surface area contributed by atoms with Crippen LogP contribution < -0.4 is 0 Å². The predicted octanol–water partition coefficient (Wildman–Crippen LogP) is 6.60. The Hall–Kier alpha value is 0.280. The van der Waals surface area contributed by atoms with E-state index in [0.29, 0.717) is 10.8 Å². The molecule has 1 aromatic rings. The SMILES string of the molecule is Cc1cc(C(Cl)C23CC4CC(CC(C)(C4)C2)C3)sc1Cl. The summed E-state index contributed by atoms with van der Waals surface area (Å²) in [5, 5.41) is 0.170. The van der Waals surface area contributed by atoms with Crippen LogP contribution in [0.2, 0.25) is 4.34 Å². The van der Waals surface area contributed by atoms with Gasteiger partial charge in [-0.3, -0.25) is 0 Å². The minimum absolute atomic E-state index is 0.170. The summed E-state index contributed by atoms with van der Waals surface area (Å²) >= 11 is 15.0. The van der Waals surface area contributed by atoms with Crippen LogP contribution >= 0.6 is 34.5 Å². The Bertz CT molecular complexity index is 514. The highest BCUT2D eigenvalue weighted by molar-refractivity contribution is 7.16. The monoisotopic (exact) mass is 328 g/mol. The number of aryl methyl sites for hydroxylation is 1. The minimum Gasteiger partial charge on any atom is -0.127 e. The molecule has 5 rings (SSSR count). The Morgan fingerprint density at radius 2 is 1.90 bits per heavy atom. The third-order valence-electron chi connectivity index (χ3n) is 6.06. The van der Waals surface area contributed by atoms with Crippen molar-refractivity contribution in [3.8, 4) is 0 Å². The van der Waals surface area contributed by atoms with E-state index in [9.17, 15) is 0 Å². The first kappa shape index (κ1) is 13.9. The molecule has 0 radical (unpaired) electrons. The van der Waals surface area contributed by atoms with Crippen molar-refractivity contribution in [2.24, 2.45) is 22.7 Å². The second kappa shape index (κ2) is 4.40. The highest BCUT2D eigenvalue weighted by atomic mass is 35.5. The molecule has 3 heteroatoms. The lowest BCUT2D eigenvalue weighted by Crippen LogP contribution is -2.52. The standard InChI is InChI=1S/C17H22Cl2S/c1-10-3-13(20-15(10)19)14(18)17-7-11-4-12(8-17)6-16(2,5-11)9-17/h3,11-12,14H,4-9H2,1-2H3. The lowest BCUT2D eigenvalue weighted by Gasteiger charge is -2.62. The molecule has 0 saturated heterocycles. The van der Waals surface area contributed by atoms with Crippen molar-refractivity contribution in [1.29, 1.82) is 0 Å². The lowest BCUT2D eigenvalue weighted by molar-refractivity contribution is -0.103.